The Labute approximate surface area is 117 Å². The molecule has 0 unspecified atom stereocenters. The second-order valence-electron chi connectivity index (χ2n) is 6.50. The van der Waals surface area contributed by atoms with Gasteiger partial charge in [0, 0.05) is 19.6 Å². The highest BCUT2D eigenvalue weighted by molar-refractivity contribution is 5.75. The maximum Gasteiger partial charge on any atom is 0.220 e. The van der Waals surface area contributed by atoms with Gasteiger partial charge in [-0.2, -0.15) is 0 Å². The summed E-state index contributed by atoms with van der Waals surface area (Å²) in [7, 11) is 0. The van der Waals surface area contributed by atoms with Gasteiger partial charge in [-0.25, -0.2) is 0 Å². The maximum atomic E-state index is 11.8. The van der Waals surface area contributed by atoms with Crippen molar-refractivity contribution in [2.24, 2.45) is 11.3 Å². The number of hydrogen-bond donors (Lipinski definition) is 3. The Morgan fingerprint density at radius 3 is 2.68 bits per heavy atom. The molecule has 1 aliphatic heterocycles. The van der Waals surface area contributed by atoms with E-state index in [2.05, 4.69) is 24.5 Å². The molecule has 1 amide bonds. The molecule has 0 aromatic heterocycles. The van der Waals surface area contributed by atoms with Crippen LogP contribution < -0.4 is 10.6 Å². The van der Waals surface area contributed by atoms with Gasteiger partial charge in [-0.3, -0.25) is 4.79 Å². The monoisotopic (exact) mass is 270 g/mol. The molecule has 19 heavy (non-hydrogen) atoms. The molecule has 0 aliphatic carbocycles. The van der Waals surface area contributed by atoms with Gasteiger partial charge in [-0.1, -0.05) is 13.8 Å². The molecule has 4 heteroatoms. The van der Waals surface area contributed by atoms with Gasteiger partial charge in [0.05, 0.1) is 0 Å². The number of carbonyl (C=O) groups excluding carboxylic acids is 1. The van der Waals surface area contributed by atoms with Crippen LogP contribution in [0.25, 0.3) is 0 Å². The first kappa shape index (κ1) is 16.4. The molecule has 0 atom stereocenters. The fourth-order valence-corrected chi connectivity index (χ4v) is 2.58. The lowest BCUT2D eigenvalue weighted by atomic mass is 9.87. The zero-order chi connectivity index (χ0) is 14.1. The summed E-state index contributed by atoms with van der Waals surface area (Å²) >= 11 is 0. The Morgan fingerprint density at radius 1 is 1.37 bits per heavy atom. The number of hydrogen-bond acceptors (Lipinski definition) is 3. The van der Waals surface area contributed by atoms with Gasteiger partial charge in [0.25, 0.3) is 0 Å². The number of amides is 1. The van der Waals surface area contributed by atoms with Gasteiger partial charge in [0.1, 0.15) is 0 Å². The van der Waals surface area contributed by atoms with E-state index in [1.165, 1.54) is 12.8 Å². The molecular weight excluding hydrogens is 240 g/mol. The van der Waals surface area contributed by atoms with Gasteiger partial charge in [-0.05, 0) is 56.5 Å². The van der Waals surface area contributed by atoms with Crippen molar-refractivity contribution in [3.63, 3.8) is 0 Å². The van der Waals surface area contributed by atoms with Crippen molar-refractivity contribution < 1.29 is 9.90 Å². The second kappa shape index (κ2) is 8.54. The number of aliphatic hydroxyl groups is 1. The third kappa shape index (κ3) is 7.53. The van der Waals surface area contributed by atoms with Crippen LogP contribution in [0, 0.1) is 11.3 Å². The van der Waals surface area contributed by atoms with Crippen LogP contribution in [0.3, 0.4) is 0 Å². The first-order chi connectivity index (χ1) is 9.03. The average molecular weight is 270 g/mol. The summed E-state index contributed by atoms with van der Waals surface area (Å²) in [5, 5.41) is 15.2. The molecule has 0 saturated carbocycles. The van der Waals surface area contributed by atoms with E-state index in [0.717, 1.165) is 38.3 Å². The van der Waals surface area contributed by atoms with Crippen molar-refractivity contribution in [2.45, 2.75) is 52.4 Å². The molecule has 1 rings (SSSR count). The highest BCUT2D eigenvalue weighted by Gasteiger charge is 2.19. The average Bonchev–Trinajstić information content (AvgIpc) is 2.42. The minimum absolute atomic E-state index is 0.0765. The van der Waals surface area contributed by atoms with Crippen LogP contribution in [0.5, 0.6) is 0 Å². The third-order valence-corrected chi connectivity index (χ3v) is 4.01. The van der Waals surface area contributed by atoms with Crippen molar-refractivity contribution in [2.75, 3.05) is 26.2 Å². The molecule has 0 bridgehead atoms. The number of carbonyl (C=O) groups is 1. The van der Waals surface area contributed by atoms with Gasteiger partial charge in [0.15, 0.2) is 0 Å². The molecule has 0 aromatic carbocycles. The van der Waals surface area contributed by atoms with E-state index >= 15 is 0 Å². The van der Waals surface area contributed by atoms with E-state index in [-0.39, 0.29) is 17.9 Å². The summed E-state index contributed by atoms with van der Waals surface area (Å²) in [5.41, 5.74) is 0.0765. The number of piperidine rings is 1. The van der Waals surface area contributed by atoms with E-state index in [1.54, 1.807) is 0 Å². The quantitative estimate of drug-likeness (QED) is 0.629. The van der Waals surface area contributed by atoms with Crippen molar-refractivity contribution in [3.05, 3.63) is 0 Å². The van der Waals surface area contributed by atoms with Crippen molar-refractivity contribution in [1.29, 1.82) is 0 Å². The Bertz CT molecular complexity index is 261. The van der Waals surface area contributed by atoms with Crippen LogP contribution >= 0.6 is 0 Å². The molecule has 0 spiro atoms. The van der Waals surface area contributed by atoms with Crippen molar-refractivity contribution >= 4 is 5.91 Å². The summed E-state index contributed by atoms with van der Waals surface area (Å²) in [5.74, 6) is 0.894. The summed E-state index contributed by atoms with van der Waals surface area (Å²) in [6, 6.07) is 0. The van der Waals surface area contributed by atoms with Gasteiger partial charge in [0.2, 0.25) is 5.91 Å². The van der Waals surface area contributed by atoms with Crippen molar-refractivity contribution in [3.8, 4) is 0 Å². The van der Waals surface area contributed by atoms with Crippen LogP contribution in [0.4, 0.5) is 0 Å². The molecule has 3 N–H and O–H groups in total. The number of rotatable bonds is 8. The number of nitrogens with one attached hydrogen (secondary N) is 2. The Balaban J connectivity index is 2.12. The Kier molecular flexibility index (Phi) is 7.39. The van der Waals surface area contributed by atoms with E-state index in [4.69, 9.17) is 5.11 Å². The molecule has 1 saturated heterocycles. The third-order valence-electron chi connectivity index (χ3n) is 4.01. The normalized spacial score (nSPS) is 17.4. The zero-order valence-corrected chi connectivity index (χ0v) is 12.5. The zero-order valence-electron chi connectivity index (χ0n) is 12.5. The first-order valence-electron chi connectivity index (χ1n) is 7.62. The maximum absolute atomic E-state index is 11.8. The second-order valence-corrected chi connectivity index (χ2v) is 6.50. The largest absolute Gasteiger partial charge is 0.396 e. The molecule has 112 valence electrons. The van der Waals surface area contributed by atoms with E-state index in [0.29, 0.717) is 13.0 Å². The highest BCUT2D eigenvalue weighted by Crippen LogP contribution is 2.21. The molecule has 4 nitrogen and oxygen atoms in total. The lowest BCUT2D eigenvalue weighted by Gasteiger charge is -2.25. The molecular formula is C15H30N2O2. The first-order valence-corrected chi connectivity index (χ1v) is 7.62. The fraction of sp³-hybridized carbons (Fsp3) is 0.933. The summed E-state index contributed by atoms with van der Waals surface area (Å²) in [6.07, 6.45) is 5.83. The van der Waals surface area contributed by atoms with Crippen molar-refractivity contribution in [1.82, 2.24) is 10.6 Å². The molecule has 0 aromatic rings. The summed E-state index contributed by atoms with van der Waals surface area (Å²) in [6.45, 7) is 7.40. The van der Waals surface area contributed by atoms with E-state index in [1.807, 2.05) is 0 Å². The Morgan fingerprint density at radius 2 is 2.05 bits per heavy atom. The SMILES string of the molecule is CC(C)(CCCO)CNC(=O)CCC1CCNCC1. The van der Waals surface area contributed by atoms with Gasteiger partial charge >= 0.3 is 0 Å². The number of aliphatic hydroxyl groups excluding tert-OH is 1. The predicted molar refractivity (Wildman–Crippen MR) is 77.9 cm³/mol. The lowest BCUT2D eigenvalue weighted by Crippen LogP contribution is -2.34. The highest BCUT2D eigenvalue weighted by atomic mass is 16.2. The predicted octanol–water partition coefficient (Wildman–Crippen LogP) is 1.68. The minimum atomic E-state index is 0.0765. The molecule has 1 aliphatic rings. The molecule has 1 fully saturated rings. The standard InChI is InChI=1S/C15H30N2O2/c1-15(2,8-3-11-18)12-17-14(19)5-4-13-6-9-16-10-7-13/h13,16,18H,3-12H2,1-2H3,(H,17,19). The summed E-state index contributed by atoms with van der Waals surface area (Å²) < 4.78 is 0. The van der Waals surface area contributed by atoms with Crippen LogP contribution in [0.1, 0.15) is 52.4 Å². The van der Waals surface area contributed by atoms with Crippen LogP contribution in [-0.4, -0.2) is 37.3 Å². The summed E-state index contributed by atoms with van der Waals surface area (Å²) in [4.78, 5) is 11.8. The van der Waals surface area contributed by atoms with Crippen LogP contribution in [-0.2, 0) is 4.79 Å². The fourth-order valence-electron chi connectivity index (χ4n) is 2.58. The van der Waals surface area contributed by atoms with Crippen LogP contribution in [0.15, 0.2) is 0 Å². The molecule has 1 heterocycles. The lowest BCUT2D eigenvalue weighted by molar-refractivity contribution is -0.121. The smallest absolute Gasteiger partial charge is 0.220 e. The van der Waals surface area contributed by atoms with E-state index in [9.17, 15) is 4.79 Å². The van der Waals surface area contributed by atoms with Gasteiger partial charge < -0.3 is 15.7 Å². The van der Waals surface area contributed by atoms with Gasteiger partial charge in [-0.15, -0.1) is 0 Å². The molecule has 0 radical (unpaired) electrons. The van der Waals surface area contributed by atoms with E-state index < -0.39 is 0 Å². The van der Waals surface area contributed by atoms with Crippen LogP contribution in [0.2, 0.25) is 0 Å². The Hall–Kier alpha value is -0.610. The topological polar surface area (TPSA) is 61.4 Å². The minimum Gasteiger partial charge on any atom is -0.396 e.